The summed E-state index contributed by atoms with van der Waals surface area (Å²) in [6.07, 6.45) is 6.98. The number of hydrogen-bond acceptors (Lipinski definition) is 4. The molecule has 2 aromatic carbocycles. The molecule has 2 aliphatic rings. The van der Waals surface area contributed by atoms with Crippen LogP contribution in [0.5, 0.6) is 5.75 Å². The molecule has 0 unspecified atom stereocenters. The third-order valence-electron chi connectivity index (χ3n) is 5.22. The van der Waals surface area contributed by atoms with Crippen LogP contribution < -0.4 is 10.1 Å². The highest BCUT2D eigenvalue weighted by molar-refractivity contribution is 7.89. The van der Waals surface area contributed by atoms with E-state index in [4.69, 9.17) is 4.74 Å². The number of nitrogens with zero attached hydrogens (tertiary/aromatic N) is 1. The minimum Gasteiger partial charge on any atom is -0.493 e. The molecule has 1 saturated heterocycles. The molecule has 0 spiro atoms. The lowest BCUT2D eigenvalue weighted by molar-refractivity contribution is -0.111. The molecule has 1 amide bonds. The first-order chi connectivity index (χ1) is 14.0. The first-order valence-corrected chi connectivity index (χ1v) is 11.3. The van der Waals surface area contributed by atoms with E-state index in [1.165, 1.54) is 10.4 Å². The summed E-state index contributed by atoms with van der Waals surface area (Å²) in [7, 11) is -3.46. The summed E-state index contributed by atoms with van der Waals surface area (Å²) in [5.41, 5.74) is 2.64. The smallest absolute Gasteiger partial charge is 0.248 e. The van der Waals surface area contributed by atoms with E-state index in [1.807, 2.05) is 18.2 Å². The number of hydrogen-bond donors (Lipinski definition) is 1. The maximum atomic E-state index is 12.7. The number of carbonyl (C=O) groups is 1. The van der Waals surface area contributed by atoms with Gasteiger partial charge in [0.05, 0.1) is 11.5 Å². The third kappa shape index (κ3) is 4.52. The van der Waals surface area contributed by atoms with Crippen molar-refractivity contribution in [3.05, 3.63) is 59.7 Å². The van der Waals surface area contributed by atoms with Crippen LogP contribution in [-0.2, 0) is 21.2 Å². The van der Waals surface area contributed by atoms with Crippen LogP contribution in [0.15, 0.2) is 53.4 Å². The summed E-state index contributed by atoms with van der Waals surface area (Å²) >= 11 is 0. The second-order valence-electron chi connectivity index (χ2n) is 7.28. The fourth-order valence-corrected chi connectivity index (χ4v) is 5.15. The minimum absolute atomic E-state index is 0.258. The number of fused-ring (bicyclic) bond motifs is 1. The van der Waals surface area contributed by atoms with Gasteiger partial charge in [-0.25, -0.2) is 8.42 Å². The molecule has 7 heteroatoms. The first-order valence-electron chi connectivity index (χ1n) is 9.87. The average molecular weight is 413 g/mol. The average Bonchev–Trinajstić information content (AvgIpc) is 3.21. The summed E-state index contributed by atoms with van der Waals surface area (Å²) in [6, 6.07) is 12.2. The summed E-state index contributed by atoms with van der Waals surface area (Å²) in [4.78, 5) is 12.5. The Morgan fingerprint density at radius 2 is 1.79 bits per heavy atom. The van der Waals surface area contributed by atoms with Gasteiger partial charge < -0.3 is 10.1 Å². The highest BCUT2D eigenvalue weighted by Crippen LogP contribution is 2.26. The van der Waals surface area contributed by atoms with E-state index in [9.17, 15) is 13.2 Å². The Morgan fingerprint density at radius 3 is 2.55 bits per heavy atom. The topological polar surface area (TPSA) is 75.7 Å². The van der Waals surface area contributed by atoms with Crippen LogP contribution in [0.2, 0.25) is 0 Å². The molecule has 6 nitrogen and oxygen atoms in total. The van der Waals surface area contributed by atoms with Crippen molar-refractivity contribution in [2.45, 2.75) is 30.6 Å². The van der Waals surface area contributed by atoms with Gasteiger partial charge in [0, 0.05) is 31.3 Å². The Kier molecular flexibility index (Phi) is 5.69. The van der Waals surface area contributed by atoms with Crippen molar-refractivity contribution in [3.8, 4) is 5.75 Å². The molecular formula is C22H24N2O4S. The Balaban J connectivity index is 1.38. The van der Waals surface area contributed by atoms with Gasteiger partial charge in [-0.2, -0.15) is 4.31 Å². The van der Waals surface area contributed by atoms with Crippen molar-refractivity contribution < 1.29 is 17.9 Å². The largest absolute Gasteiger partial charge is 0.493 e. The molecule has 29 heavy (non-hydrogen) atoms. The number of rotatable bonds is 5. The van der Waals surface area contributed by atoms with Gasteiger partial charge in [-0.05, 0) is 66.4 Å². The standard InChI is InChI=1S/C22H24N2O4S/c25-22(11-5-17-4-10-21-18(16-17)12-15-28-21)23-19-6-8-20(9-7-19)29(26,27)24-13-2-1-3-14-24/h4-11,16H,1-3,12-15H2,(H,23,25). The van der Waals surface area contributed by atoms with Crippen LogP contribution in [0.1, 0.15) is 30.4 Å². The molecule has 152 valence electrons. The molecule has 0 saturated carbocycles. The quantitative estimate of drug-likeness (QED) is 0.764. The molecule has 0 aliphatic carbocycles. The normalized spacial score (nSPS) is 17.1. The highest BCUT2D eigenvalue weighted by Gasteiger charge is 2.25. The molecule has 0 radical (unpaired) electrons. The first kappa shape index (κ1) is 19.7. The molecule has 2 heterocycles. The summed E-state index contributed by atoms with van der Waals surface area (Å²) < 4.78 is 32.4. The van der Waals surface area contributed by atoms with Crippen molar-refractivity contribution in [1.29, 1.82) is 0 Å². The van der Waals surface area contributed by atoms with Crippen molar-refractivity contribution in [1.82, 2.24) is 4.31 Å². The van der Waals surface area contributed by atoms with Crippen molar-refractivity contribution in [2.24, 2.45) is 0 Å². The monoisotopic (exact) mass is 412 g/mol. The zero-order valence-electron chi connectivity index (χ0n) is 16.1. The van der Waals surface area contributed by atoms with E-state index < -0.39 is 10.0 Å². The lowest BCUT2D eigenvalue weighted by atomic mass is 10.1. The molecule has 0 bridgehead atoms. The second-order valence-corrected chi connectivity index (χ2v) is 9.22. The predicted octanol–water partition coefficient (Wildman–Crippen LogP) is 3.45. The lowest BCUT2D eigenvalue weighted by Gasteiger charge is -2.25. The van der Waals surface area contributed by atoms with Gasteiger partial charge >= 0.3 is 0 Å². The van der Waals surface area contributed by atoms with E-state index >= 15 is 0 Å². The third-order valence-corrected chi connectivity index (χ3v) is 7.13. The number of anilines is 1. The van der Waals surface area contributed by atoms with Crippen LogP contribution in [0.3, 0.4) is 0 Å². The molecular weight excluding hydrogens is 388 g/mol. The van der Waals surface area contributed by atoms with Crippen LogP contribution in [0.4, 0.5) is 5.69 Å². The highest BCUT2D eigenvalue weighted by atomic mass is 32.2. The van der Waals surface area contributed by atoms with Gasteiger partial charge in [-0.1, -0.05) is 12.5 Å². The Morgan fingerprint density at radius 1 is 1.03 bits per heavy atom. The minimum atomic E-state index is -3.46. The summed E-state index contributed by atoms with van der Waals surface area (Å²) in [5, 5.41) is 2.76. The number of amides is 1. The van der Waals surface area contributed by atoms with Crippen molar-refractivity contribution >= 4 is 27.7 Å². The molecule has 4 rings (SSSR count). The van der Waals surface area contributed by atoms with Crippen LogP contribution in [0.25, 0.3) is 6.08 Å². The van der Waals surface area contributed by atoms with Crippen molar-refractivity contribution in [2.75, 3.05) is 25.0 Å². The lowest BCUT2D eigenvalue weighted by Crippen LogP contribution is -2.35. The maximum absolute atomic E-state index is 12.7. The second kappa shape index (κ2) is 8.39. The van der Waals surface area contributed by atoms with Gasteiger partial charge in [0.25, 0.3) is 0 Å². The van der Waals surface area contributed by atoms with E-state index in [0.29, 0.717) is 25.4 Å². The van der Waals surface area contributed by atoms with E-state index in [1.54, 1.807) is 30.3 Å². The zero-order valence-corrected chi connectivity index (χ0v) is 17.0. The number of carbonyl (C=O) groups excluding carboxylic acids is 1. The van der Waals surface area contributed by atoms with E-state index in [0.717, 1.165) is 42.6 Å². The number of piperidine rings is 1. The van der Waals surface area contributed by atoms with Crippen LogP contribution in [0, 0.1) is 0 Å². The Labute approximate surface area is 171 Å². The summed E-state index contributed by atoms with van der Waals surface area (Å²) in [5.74, 6) is 0.639. The van der Waals surface area contributed by atoms with E-state index in [-0.39, 0.29) is 10.8 Å². The molecule has 1 fully saturated rings. The Hall–Kier alpha value is -2.64. The van der Waals surface area contributed by atoms with Gasteiger partial charge in [-0.3, -0.25) is 4.79 Å². The van der Waals surface area contributed by atoms with Gasteiger partial charge in [0.1, 0.15) is 5.75 Å². The van der Waals surface area contributed by atoms with Crippen molar-refractivity contribution in [3.63, 3.8) is 0 Å². The van der Waals surface area contributed by atoms with Gasteiger partial charge in [0.2, 0.25) is 15.9 Å². The number of sulfonamides is 1. The van der Waals surface area contributed by atoms with Gasteiger partial charge in [0.15, 0.2) is 0 Å². The Bertz CT molecular complexity index is 1020. The predicted molar refractivity (Wildman–Crippen MR) is 112 cm³/mol. The SMILES string of the molecule is O=C(C=Cc1ccc2c(c1)CCO2)Nc1ccc(S(=O)(=O)N2CCCCC2)cc1. The number of nitrogens with one attached hydrogen (secondary N) is 1. The zero-order chi connectivity index (χ0) is 20.3. The maximum Gasteiger partial charge on any atom is 0.248 e. The fraction of sp³-hybridized carbons (Fsp3) is 0.318. The number of benzene rings is 2. The molecule has 0 atom stereocenters. The molecule has 2 aliphatic heterocycles. The molecule has 2 aromatic rings. The molecule has 0 aromatic heterocycles. The van der Waals surface area contributed by atoms with Crippen LogP contribution >= 0.6 is 0 Å². The van der Waals surface area contributed by atoms with E-state index in [2.05, 4.69) is 5.32 Å². The van der Waals surface area contributed by atoms with Crippen LogP contribution in [-0.4, -0.2) is 38.3 Å². The van der Waals surface area contributed by atoms with Gasteiger partial charge in [-0.15, -0.1) is 0 Å². The molecule has 1 N–H and O–H groups in total. The number of ether oxygens (including phenoxy) is 1. The summed E-state index contributed by atoms with van der Waals surface area (Å²) in [6.45, 7) is 1.84. The fourth-order valence-electron chi connectivity index (χ4n) is 3.63.